The van der Waals surface area contributed by atoms with Crippen molar-refractivity contribution in [2.75, 3.05) is 0 Å². The lowest BCUT2D eigenvalue weighted by Gasteiger charge is -2.17. The van der Waals surface area contributed by atoms with Crippen molar-refractivity contribution in [3.63, 3.8) is 0 Å². The molecule has 1 rings (SSSR count). The molecule has 0 aromatic heterocycles. The maximum atomic E-state index is 11.4. The molecule has 0 aromatic rings. The van der Waals surface area contributed by atoms with Crippen LogP contribution in [-0.4, -0.2) is 28.9 Å². The van der Waals surface area contributed by atoms with Crippen LogP contribution in [0, 0.1) is 5.92 Å². The normalized spacial score (nSPS) is 18.1. The fourth-order valence-electron chi connectivity index (χ4n) is 1.42. The summed E-state index contributed by atoms with van der Waals surface area (Å²) < 4.78 is 0. The molecule has 2 amide bonds. The molecule has 1 aliphatic heterocycles. The van der Waals surface area contributed by atoms with Gasteiger partial charge in [-0.25, -0.2) is 4.79 Å². The Kier molecular flexibility index (Phi) is 4.00. The molecule has 0 bridgehead atoms. The lowest BCUT2D eigenvalue weighted by Crippen LogP contribution is -2.40. The van der Waals surface area contributed by atoms with E-state index in [2.05, 4.69) is 4.84 Å². The molecule has 6 nitrogen and oxygen atoms in total. The number of carbonyl (C=O) groups is 3. The standard InChI is InChI=1S/C10H16N2O4/c1-6(2)5-7(11)10(15)16-12-8(13)3-4-9(12)14/h6-7H,3-5,11H2,1-2H3/i11+1. The van der Waals surface area contributed by atoms with E-state index in [9.17, 15) is 14.4 Å². The fraction of sp³-hybridized carbons (Fsp3) is 0.700. The van der Waals surface area contributed by atoms with E-state index in [0.29, 0.717) is 11.5 Å². The third-order valence-corrected chi connectivity index (χ3v) is 2.22. The molecular weight excluding hydrogens is 213 g/mol. The van der Waals surface area contributed by atoms with Gasteiger partial charge in [-0.1, -0.05) is 13.8 Å². The van der Waals surface area contributed by atoms with Crippen molar-refractivity contribution in [1.29, 1.82) is 0 Å². The third-order valence-electron chi connectivity index (χ3n) is 2.22. The maximum absolute atomic E-state index is 11.4. The Hall–Kier alpha value is -1.43. The van der Waals surface area contributed by atoms with Crippen molar-refractivity contribution >= 4 is 17.8 Å². The highest BCUT2D eigenvalue weighted by atomic mass is 16.7. The summed E-state index contributed by atoms with van der Waals surface area (Å²) in [7, 11) is 0. The van der Waals surface area contributed by atoms with Gasteiger partial charge < -0.3 is 10.6 Å². The van der Waals surface area contributed by atoms with Crippen molar-refractivity contribution in [3.05, 3.63) is 0 Å². The van der Waals surface area contributed by atoms with Crippen LogP contribution in [0.25, 0.3) is 0 Å². The van der Waals surface area contributed by atoms with Crippen LogP contribution in [0.2, 0.25) is 0 Å². The quantitative estimate of drug-likeness (QED) is 0.540. The zero-order valence-corrected chi connectivity index (χ0v) is 9.43. The lowest BCUT2D eigenvalue weighted by molar-refractivity contribution is -0.198. The van der Waals surface area contributed by atoms with Crippen LogP contribution in [0.4, 0.5) is 0 Å². The minimum Gasteiger partial charge on any atom is -0.329 e. The first kappa shape index (κ1) is 12.6. The van der Waals surface area contributed by atoms with Crippen LogP contribution in [-0.2, 0) is 19.2 Å². The predicted octanol–water partition coefficient (Wildman–Crippen LogP) is -0.0330. The zero-order chi connectivity index (χ0) is 12.3. The molecule has 1 unspecified atom stereocenters. The van der Waals surface area contributed by atoms with Gasteiger partial charge in [0.25, 0.3) is 11.8 Å². The number of carbonyl (C=O) groups excluding carboxylic acids is 3. The van der Waals surface area contributed by atoms with Crippen LogP contribution in [0.3, 0.4) is 0 Å². The Labute approximate surface area is 93.7 Å². The van der Waals surface area contributed by atoms with Crippen LogP contribution in [0.5, 0.6) is 0 Å². The van der Waals surface area contributed by atoms with Gasteiger partial charge >= 0.3 is 5.97 Å². The first-order valence-corrected chi connectivity index (χ1v) is 5.25. The largest absolute Gasteiger partial charge is 0.349 e. The zero-order valence-electron chi connectivity index (χ0n) is 9.43. The first-order valence-electron chi connectivity index (χ1n) is 5.25. The number of nitrogens with two attached hydrogens (primary N) is 1. The van der Waals surface area contributed by atoms with Gasteiger partial charge in [0, 0.05) is 12.8 Å². The Morgan fingerprint density at radius 3 is 2.31 bits per heavy atom. The highest BCUT2D eigenvalue weighted by Crippen LogP contribution is 2.13. The predicted molar refractivity (Wildman–Crippen MR) is 54.6 cm³/mol. The van der Waals surface area contributed by atoms with E-state index in [4.69, 9.17) is 5.73 Å². The number of hydrogen-bond donors (Lipinski definition) is 1. The van der Waals surface area contributed by atoms with Crippen molar-refractivity contribution < 1.29 is 19.2 Å². The summed E-state index contributed by atoms with van der Waals surface area (Å²) in [5.74, 6) is -1.48. The number of hydrogen-bond acceptors (Lipinski definition) is 5. The minimum atomic E-state index is -0.804. The van der Waals surface area contributed by atoms with Gasteiger partial charge in [0.05, 0.1) is 0 Å². The highest BCUT2D eigenvalue weighted by Gasteiger charge is 2.34. The second kappa shape index (κ2) is 5.07. The maximum Gasteiger partial charge on any atom is 0.349 e. The Bertz CT molecular complexity index is 298. The monoisotopic (exact) mass is 229 g/mol. The molecule has 0 spiro atoms. The molecule has 2 N–H and O–H groups in total. The second-order valence-electron chi connectivity index (χ2n) is 4.23. The molecule has 1 heterocycles. The number of rotatable bonds is 4. The fourth-order valence-corrected chi connectivity index (χ4v) is 1.42. The number of hydroxylamine groups is 2. The molecule has 0 aromatic carbocycles. The Morgan fingerprint density at radius 2 is 1.88 bits per heavy atom. The van der Waals surface area contributed by atoms with Crippen molar-refractivity contribution in [2.24, 2.45) is 11.7 Å². The van der Waals surface area contributed by atoms with Gasteiger partial charge in [0.1, 0.15) is 6.04 Å². The molecule has 0 radical (unpaired) electrons. The highest BCUT2D eigenvalue weighted by molar-refractivity contribution is 6.01. The smallest absolute Gasteiger partial charge is 0.329 e. The summed E-state index contributed by atoms with van der Waals surface area (Å²) in [6.45, 7) is 3.83. The SMILES string of the molecule is CC(C)CC([15NH2])C(=O)ON1C(=O)CCC1=O. The lowest BCUT2D eigenvalue weighted by atomic mass is 10.1. The molecule has 6 heteroatoms. The van der Waals surface area contributed by atoms with Gasteiger partial charge in [0.15, 0.2) is 0 Å². The molecule has 0 saturated carbocycles. The topological polar surface area (TPSA) is 89.7 Å². The molecule has 0 aliphatic carbocycles. The number of nitrogens with zero attached hydrogens (tertiary/aromatic N) is 1. The second-order valence-corrected chi connectivity index (χ2v) is 4.23. The van der Waals surface area contributed by atoms with Crippen LogP contribution < -0.4 is 5.73 Å². The Morgan fingerprint density at radius 1 is 1.38 bits per heavy atom. The van der Waals surface area contributed by atoms with E-state index in [1.165, 1.54) is 0 Å². The average Bonchev–Trinajstić information content (AvgIpc) is 2.48. The summed E-state index contributed by atoms with van der Waals surface area (Å²) in [5, 5.41) is 0.516. The van der Waals surface area contributed by atoms with Crippen molar-refractivity contribution in [3.8, 4) is 0 Å². The summed E-state index contributed by atoms with van der Waals surface area (Å²) in [6, 6.07) is -0.804. The Balaban J connectivity index is 2.50. The number of imide groups is 1. The summed E-state index contributed by atoms with van der Waals surface area (Å²) >= 11 is 0. The van der Waals surface area contributed by atoms with Crippen molar-refractivity contribution in [1.82, 2.24) is 5.06 Å². The van der Waals surface area contributed by atoms with E-state index in [1.807, 2.05) is 13.8 Å². The molecular formula is C10H16N2O4. The summed E-state index contributed by atoms with van der Waals surface area (Å²) in [6.07, 6.45) is 0.631. The molecule has 1 aliphatic rings. The molecule has 1 saturated heterocycles. The van der Waals surface area contributed by atoms with Crippen LogP contribution in [0.15, 0.2) is 0 Å². The van der Waals surface area contributed by atoms with E-state index in [0.717, 1.165) is 0 Å². The molecule has 90 valence electrons. The van der Waals surface area contributed by atoms with Gasteiger partial charge in [-0.2, -0.15) is 0 Å². The summed E-state index contributed by atoms with van der Waals surface area (Å²) in [4.78, 5) is 38.4. The van der Waals surface area contributed by atoms with Gasteiger partial charge in [-0.15, -0.1) is 5.06 Å². The van der Waals surface area contributed by atoms with Crippen LogP contribution in [0.1, 0.15) is 33.1 Å². The van der Waals surface area contributed by atoms with E-state index >= 15 is 0 Å². The van der Waals surface area contributed by atoms with E-state index in [-0.39, 0.29) is 18.8 Å². The van der Waals surface area contributed by atoms with Gasteiger partial charge in [-0.3, -0.25) is 9.59 Å². The third kappa shape index (κ3) is 3.03. The number of amides is 2. The van der Waals surface area contributed by atoms with Gasteiger partial charge in [0.2, 0.25) is 0 Å². The average molecular weight is 229 g/mol. The first-order chi connectivity index (χ1) is 7.41. The molecule has 1 fully saturated rings. The molecule has 1 atom stereocenters. The van der Waals surface area contributed by atoms with E-state index in [1.54, 1.807) is 0 Å². The van der Waals surface area contributed by atoms with Crippen molar-refractivity contribution in [2.45, 2.75) is 39.2 Å². The van der Waals surface area contributed by atoms with Crippen LogP contribution >= 0.6 is 0 Å². The summed E-state index contributed by atoms with van der Waals surface area (Å²) in [5.41, 5.74) is 5.56. The van der Waals surface area contributed by atoms with E-state index < -0.39 is 23.8 Å². The minimum absolute atomic E-state index is 0.0888. The van der Waals surface area contributed by atoms with Gasteiger partial charge in [-0.05, 0) is 12.3 Å². The molecule has 16 heavy (non-hydrogen) atoms.